The third-order valence-corrected chi connectivity index (χ3v) is 3.33. The predicted octanol–water partition coefficient (Wildman–Crippen LogP) is 2.07. The number of aromatic carboxylic acids is 1. The van der Waals surface area contributed by atoms with E-state index in [9.17, 15) is 9.18 Å². The molecule has 110 valence electrons. The molecule has 1 aliphatic carbocycles. The Morgan fingerprint density at radius 1 is 1.38 bits per heavy atom. The molecular weight excluding hydrogens is 277 g/mol. The lowest BCUT2D eigenvalue weighted by Gasteiger charge is -2.08. The lowest BCUT2D eigenvalue weighted by atomic mass is 10.2. The van der Waals surface area contributed by atoms with Gasteiger partial charge in [0.1, 0.15) is 18.2 Å². The first-order valence-corrected chi connectivity index (χ1v) is 6.70. The molecule has 0 atom stereocenters. The third kappa shape index (κ3) is 3.01. The van der Waals surface area contributed by atoms with Gasteiger partial charge in [-0.05, 0) is 37.1 Å². The molecule has 1 aromatic carbocycles. The number of rotatable bonds is 6. The summed E-state index contributed by atoms with van der Waals surface area (Å²) in [5.74, 6) is -0.580. The van der Waals surface area contributed by atoms with Crippen molar-refractivity contribution in [2.75, 3.05) is 6.61 Å². The Morgan fingerprint density at radius 3 is 2.71 bits per heavy atom. The minimum absolute atomic E-state index is 0.0271. The molecule has 0 unspecified atom stereocenters. The number of ether oxygens (including phenoxy) is 1. The topological polar surface area (TPSA) is 77.2 Å². The molecule has 0 aliphatic heterocycles. The van der Waals surface area contributed by atoms with Crippen LogP contribution in [0.2, 0.25) is 0 Å². The fraction of sp³-hybridized carbons (Fsp3) is 0.357. The Morgan fingerprint density at radius 2 is 2.10 bits per heavy atom. The second-order valence-electron chi connectivity index (χ2n) is 4.93. The SMILES string of the molecule is O=C(O)c1nnn(CCOc2ccc(F)cc2)c1C1CC1. The molecule has 1 aliphatic rings. The van der Waals surface area contributed by atoms with Gasteiger partial charge in [-0.2, -0.15) is 0 Å². The van der Waals surface area contributed by atoms with E-state index in [2.05, 4.69) is 10.3 Å². The number of carbonyl (C=O) groups is 1. The van der Waals surface area contributed by atoms with E-state index >= 15 is 0 Å². The van der Waals surface area contributed by atoms with Gasteiger partial charge in [0.15, 0.2) is 5.69 Å². The van der Waals surface area contributed by atoms with Crippen molar-refractivity contribution in [3.63, 3.8) is 0 Å². The monoisotopic (exact) mass is 291 g/mol. The van der Waals surface area contributed by atoms with Crippen molar-refractivity contribution in [2.24, 2.45) is 0 Å². The minimum atomic E-state index is -1.05. The summed E-state index contributed by atoms with van der Waals surface area (Å²) in [5.41, 5.74) is 0.699. The van der Waals surface area contributed by atoms with Crippen molar-refractivity contribution < 1.29 is 19.0 Å². The van der Waals surface area contributed by atoms with Crippen LogP contribution in [0.5, 0.6) is 5.75 Å². The van der Waals surface area contributed by atoms with Crippen LogP contribution in [0.4, 0.5) is 4.39 Å². The molecular formula is C14H14FN3O3. The lowest BCUT2D eigenvalue weighted by molar-refractivity contribution is 0.0689. The Balaban J connectivity index is 1.65. The maximum Gasteiger partial charge on any atom is 0.358 e. The summed E-state index contributed by atoms with van der Waals surface area (Å²) in [5, 5.41) is 16.7. The summed E-state index contributed by atoms with van der Waals surface area (Å²) in [6.07, 6.45) is 1.93. The highest BCUT2D eigenvalue weighted by Crippen LogP contribution is 2.41. The molecule has 0 spiro atoms. The highest BCUT2D eigenvalue weighted by molar-refractivity contribution is 5.86. The van der Waals surface area contributed by atoms with Crippen molar-refractivity contribution in [3.8, 4) is 5.75 Å². The highest BCUT2D eigenvalue weighted by Gasteiger charge is 2.33. The zero-order valence-corrected chi connectivity index (χ0v) is 11.2. The molecule has 1 fully saturated rings. The number of halogens is 1. The molecule has 7 heteroatoms. The van der Waals surface area contributed by atoms with Gasteiger partial charge < -0.3 is 9.84 Å². The summed E-state index contributed by atoms with van der Waals surface area (Å²) < 4.78 is 19.8. The van der Waals surface area contributed by atoms with Gasteiger partial charge in [0.05, 0.1) is 12.2 Å². The molecule has 1 N–H and O–H groups in total. The zero-order valence-electron chi connectivity index (χ0n) is 11.2. The quantitative estimate of drug-likeness (QED) is 0.881. The van der Waals surface area contributed by atoms with Crippen molar-refractivity contribution >= 4 is 5.97 Å². The maximum atomic E-state index is 12.8. The summed E-state index contributed by atoms with van der Waals surface area (Å²) in [7, 11) is 0. The molecule has 1 saturated carbocycles. The minimum Gasteiger partial charge on any atom is -0.492 e. The van der Waals surface area contributed by atoms with E-state index in [4.69, 9.17) is 9.84 Å². The third-order valence-electron chi connectivity index (χ3n) is 3.33. The van der Waals surface area contributed by atoms with E-state index < -0.39 is 5.97 Å². The molecule has 21 heavy (non-hydrogen) atoms. The summed E-state index contributed by atoms with van der Waals surface area (Å²) in [6, 6.07) is 5.73. The Labute approximate surface area is 120 Å². The summed E-state index contributed by atoms with van der Waals surface area (Å²) >= 11 is 0. The van der Waals surface area contributed by atoms with E-state index in [0.29, 0.717) is 24.6 Å². The highest BCUT2D eigenvalue weighted by atomic mass is 19.1. The normalized spacial score (nSPS) is 14.1. The second-order valence-corrected chi connectivity index (χ2v) is 4.93. The van der Waals surface area contributed by atoms with E-state index in [-0.39, 0.29) is 17.4 Å². The number of aromatic nitrogens is 3. The molecule has 0 amide bonds. The summed E-state index contributed by atoms with van der Waals surface area (Å²) in [4.78, 5) is 11.1. The van der Waals surface area contributed by atoms with Crippen LogP contribution in [0, 0.1) is 5.82 Å². The standard InChI is InChI=1S/C14H14FN3O3/c15-10-3-5-11(6-4-10)21-8-7-18-13(9-1-2-9)12(14(19)20)16-17-18/h3-6,9H,1-2,7-8H2,(H,19,20). The van der Waals surface area contributed by atoms with Crippen LogP contribution in [-0.4, -0.2) is 32.7 Å². The average Bonchev–Trinajstić information content (AvgIpc) is 3.21. The van der Waals surface area contributed by atoms with Crippen LogP contribution in [0.25, 0.3) is 0 Å². The van der Waals surface area contributed by atoms with E-state index in [1.54, 1.807) is 16.8 Å². The molecule has 1 aromatic heterocycles. The van der Waals surface area contributed by atoms with Crippen LogP contribution >= 0.6 is 0 Å². The first-order valence-electron chi connectivity index (χ1n) is 6.70. The molecule has 0 bridgehead atoms. The fourth-order valence-electron chi connectivity index (χ4n) is 2.18. The largest absolute Gasteiger partial charge is 0.492 e. The lowest BCUT2D eigenvalue weighted by Crippen LogP contribution is -2.13. The van der Waals surface area contributed by atoms with Crippen LogP contribution in [0.3, 0.4) is 0 Å². The Bertz CT molecular complexity index is 650. The smallest absolute Gasteiger partial charge is 0.358 e. The number of benzene rings is 1. The molecule has 0 saturated heterocycles. The van der Waals surface area contributed by atoms with E-state index in [1.807, 2.05) is 0 Å². The van der Waals surface area contributed by atoms with Gasteiger partial charge >= 0.3 is 5.97 Å². The molecule has 6 nitrogen and oxygen atoms in total. The van der Waals surface area contributed by atoms with Crippen molar-refractivity contribution in [1.82, 2.24) is 15.0 Å². The van der Waals surface area contributed by atoms with Crippen LogP contribution in [0.15, 0.2) is 24.3 Å². The molecule has 2 aromatic rings. The number of hydrogen-bond acceptors (Lipinski definition) is 4. The zero-order chi connectivity index (χ0) is 14.8. The van der Waals surface area contributed by atoms with Crippen molar-refractivity contribution in [3.05, 3.63) is 41.5 Å². The number of nitrogens with zero attached hydrogens (tertiary/aromatic N) is 3. The molecule has 3 rings (SSSR count). The van der Waals surface area contributed by atoms with Crippen LogP contribution in [0.1, 0.15) is 34.9 Å². The predicted molar refractivity (Wildman–Crippen MR) is 70.9 cm³/mol. The van der Waals surface area contributed by atoms with Crippen molar-refractivity contribution in [2.45, 2.75) is 25.3 Å². The average molecular weight is 291 g/mol. The number of hydrogen-bond donors (Lipinski definition) is 1. The van der Waals surface area contributed by atoms with Gasteiger partial charge in [-0.1, -0.05) is 5.21 Å². The first-order chi connectivity index (χ1) is 10.1. The Hall–Kier alpha value is -2.44. The second kappa shape index (κ2) is 5.51. The number of carboxylic acid groups (broad SMARTS) is 1. The molecule has 0 radical (unpaired) electrons. The maximum absolute atomic E-state index is 12.8. The Kier molecular flexibility index (Phi) is 3.55. The van der Waals surface area contributed by atoms with Gasteiger partial charge in [0, 0.05) is 5.92 Å². The van der Waals surface area contributed by atoms with Gasteiger partial charge in [-0.3, -0.25) is 0 Å². The van der Waals surface area contributed by atoms with Gasteiger partial charge in [0.25, 0.3) is 0 Å². The van der Waals surface area contributed by atoms with Crippen LogP contribution < -0.4 is 4.74 Å². The van der Waals surface area contributed by atoms with Crippen molar-refractivity contribution in [1.29, 1.82) is 0 Å². The van der Waals surface area contributed by atoms with Gasteiger partial charge in [0.2, 0.25) is 0 Å². The van der Waals surface area contributed by atoms with Gasteiger partial charge in [-0.15, -0.1) is 5.10 Å². The van der Waals surface area contributed by atoms with Crippen LogP contribution in [-0.2, 0) is 6.54 Å². The number of carboxylic acids is 1. The summed E-state index contributed by atoms with van der Waals surface area (Å²) in [6.45, 7) is 0.720. The van der Waals surface area contributed by atoms with Gasteiger partial charge in [-0.25, -0.2) is 13.9 Å². The molecule has 1 heterocycles. The first kappa shape index (κ1) is 13.5. The van der Waals surface area contributed by atoms with E-state index in [0.717, 1.165) is 12.8 Å². The fourth-order valence-corrected chi connectivity index (χ4v) is 2.18. The van der Waals surface area contributed by atoms with E-state index in [1.165, 1.54) is 12.1 Å².